The average molecular weight is 351 g/mol. The SMILES string of the molecule is CCc1ccc(-c2nc(=S)n(C[NH+]3CCc4ccccc4C3)[nH]2)cc1. The van der Waals surface area contributed by atoms with Gasteiger partial charge in [-0.1, -0.05) is 55.5 Å². The summed E-state index contributed by atoms with van der Waals surface area (Å²) in [5.74, 6) is 0.851. The summed E-state index contributed by atoms with van der Waals surface area (Å²) in [7, 11) is 0. The summed E-state index contributed by atoms with van der Waals surface area (Å²) >= 11 is 5.48. The Kier molecular flexibility index (Phi) is 4.51. The fourth-order valence-corrected chi connectivity index (χ4v) is 3.69. The Hall–Kier alpha value is -2.24. The molecule has 0 saturated carbocycles. The van der Waals surface area contributed by atoms with Gasteiger partial charge < -0.3 is 4.90 Å². The van der Waals surface area contributed by atoms with Gasteiger partial charge in [0.15, 0.2) is 12.5 Å². The van der Waals surface area contributed by atoms with Crippen LogP contribution < -0.4 is 4.90 Å². The molecule has 2 N–H and O–H groups in total. The average Bonchev–Trinajstić information content (AvgIpc) is 3.02. The van der Waals surface area contributed by atoms with Crippen LogP contribution in [0.1, 0.15) is 23.6 Å². The third-order valence-electron chi connectivity index (χ3n) is 5.00. The lowest BCUT2D eigenvalue weighted by Crippen LogP contribution is -3.11. The van der Waals surface area contributed by atoms with Crippen LogP contribution >= 0.6 is 12.2 Å². The third-order valence-corrected chi connectivity index (χ3v) is 5.31. The number of fused-ring (bicyclic) bond motifs is 1. The zero-order chi connectivity index (χ0) is 17.2. The summed E-state index contributed by atoms with van der Waals surface area (Å²) in [5.41, 5.74) is 5.35. The molecule has 0 amide bonds. The van der Waals surface area contributed by atoms with Crippen molar-refractivity contribution < 1.29 is 4.90 Å². The number of hydrogen-bond acceptors (Lipinski definition) is 2. The summed E-state index contributed by atoms with van der Waals surface area (Å²) in [6.45, 7) is 5.15. The topological polar surface area (TPSA) is 38.0 Å². The number of aryl methyl sites for hydroxylation is 1. The smallest absolute Gasteiger partial charge is 0.221 e. The van der Waals surface area contributed by atoms with Crippen LogP contribution in [-0.2, 0) is 26.1 Å². The lowest BCUT2D eigenvalue weighted by Gasteiger charge is -2.25. The zero-order valence-corrected chi connectivity index (χ0v) is 15.3. The second kappa shape index (κ2) is 6.94. The second-order valence-electron chi connectivity index (χ2n) is 6.69. The van der Waals surface area contributed by atoms with Gasteiger partial charge in [0.25, 0.3) is 0 Å². The monoisotopic (exact) mass is 351 g/mol. The lowest BCUT2D eigenvalue weighted by molar-refractivity contribution is -0.939. The molecule has 128 valence electrons. The predicted octanol–water partition coefficient (Wildman–Crippen LogP) is 2.77. The molecule has 4 nitrogen and oxygen atoms in total. The minimum Gasteiger partial charge on any atom is -0.312 e. The van der Waals surface area contributed by atoms with E-state index in [4.69, 9.17) is 12.2 Å². The number of aromatic nitrogens is 3. The van der Waals surface area contributed by atoms with E-state index in [-0.39, 0.29) is 0 Å². The van der Waals surface area contributed by atoms with Crippen molar-refractivity contribution in [1.82, 2.24) is 14.8 Å². The second-order valence-corrected chi connectivity index (χ2v) is 7.05. The van der Waals surface area contributed by atoms with Gasteiger partial charge in [0.05, 0.1) is 6.54 Å². The summed E-state index contributed by atoms with van der Waals surface area (Å²) in [5, 5.41) is 3.39. The molecule has 1 aromatic heterocycles. The first kappa shape index (κ1) is 16.2. The Morgan fingerprint density at radius 2 is 1.88 bits per heavy atom. The molecule has 0 spiro atoms. The highest BCUT2D eigenvalue weighted by atomic mass is 32.1. The van der Waals surface area contributed by atoms with Crippen LogP contribution in [0, 0.1) is 4.77 Å². The molecule has 0 aliphatic carbocycles. The molecular formula is C20H23N4S+. The fourth-order valence-electron chi connectivity index (χ4n) is 3.49. The Morgan fingerprint density at radius 1 is 1.12 bits per heavy atom. The molecule has 2 aromatic carbocycles. The molecule has 2 heterocycles. The van der Waals surface area contributed by atoms with E-state index in [0.29, 0.717) is 4.77 Å². The number of nitrogens with zero attached hydrogens (tertiary/aromatic N) is 2. The number of nitrogens with one attached hydrogen (secondary N) is 2. The Balaban J connectivity index is 1.52. The van der Waals surface area contributed by atoms with Crippen molar-refractivity contribution in [3.63, 3.8) is 0 Å². The summed E-state index contributed by atoms with van der Waals surface area (Å²) in [6.07, 6.45) is 2.17. The van der Waals surface area contributed by atoms with E-state index in [2.05, 4.69) is 65.5 Å². The largest absolute Gasteiger partial charge is 0.312 e. The molecule has 0 bridgehead atoms. The number of quaternary nitrogens is 1. The lowest BCUT2D eigenvalue weighted by atomic mass is 10.0. The van der Waals surface area contributed by atoms with Crippen LogP contribution in [-0.4, -0.2) is 21.3 Å². The maximum Gasteiger partial charge on any atom is 0.221 e. The van der Waals surface area contributed by atoms with E-state index in [1.807, 2.05) is 4.68 Å². The summed E-state index contributed by atoms with van der Waals surface area (Å²) in [6, 6.07) is 17.3. The molecule has 3 aromatic rings. The molecule has 4 rings (SSSR count). The molecule has 1 aliphatic heterocycles. The molecule has 1 unspecified atom stereocenters. The van der Waals surface area contributed by atoms with Crippen molar-refractivity contribution in [3.05, 3.63) is 70.0 Å². The van der Waals surface area contributed by atoms with Gasteiger partial charge in [0.2, 0.25) is 4.77 Å². The van der Waals surface area contributed by atoms with Crippen molar-refractivity contribution in [2.75, 3.05) is 6.54 Å². The van der Waals surface area contributed by atoms with Crippen LogP contribution in [0.4, 0.5) is 0 Å². The van der Waals surface area contributed by atoms with Gasteiger partial charge in [-0.3, -0.25) is 5.10 Å². The van der Waals surface area contributed by atoms with E-state index in [0.717, 1.165) is 44.0 Å². The Morgan fingerprint density at radius 3 is 2.64 bits per heavy atom. The minimum atomic E-state index is 0.626. The van der Waals surface area contributed by atoms with Crippen molar-refractivity contribution in [2.24, 2.45) is 0 Å². The van der Waals surface area contributed by atoms with Crippen molar-refractivity contribution in [3.8, 4) is 11.4 Å². The number of hydrogen-bond donors (Lipinski definition) is 2. The van der Waals surface area contributed by atoms with E-state index in [1.165, 1.54) is 21.6 Å². The molecule has 0 fully saturated rings. The van der Waals surface area contributed by atoms with Gasteiger partial charge in [-0.05, 0) is 29.8 Å². The molecule has 5 heteroatoms. The molecule has 25 heavy (non-hydrogen) atoms. The maximum atomic E-state index is 5.48. The Labute approximate surface area is 153 Å². The first-order valence-corrected chi connectivity index (χ1v) is 9.30. The van der Waals surface area contributed by atoms with Gasteiger partial charge in [-0.2, -0.15) is 4.98 Å². The fraction of sp³-hybridized carbons (Fsp3) is 0.300. The number of rotatable bonds is 4. The van der Waals surface area contributed by atoms with Crippen LogP contribution in [0.5, 0.6) is 0 Å². The first-order valence-electron chi connectivity index (χ1n) is 8.89. The highest BCUT2D eigenvalue weighted by molar-refractivity contribution is 7.71. The van der Waals surface area contributed by atoms with Gasteiger partial charge >= 0.3 is 0 Å². The van der Waals surface area contributed by atoms with Crippen molar-refractivity contribution in [1.29, 1.82) is 0 Å². The number of H-pyrrole nitrogens is 1. The molecule has 0 saturated heterocycles. The van der Waals surface area contributed by atoms with Crippen LogP contribution in [0.25, 0.3) is 11.4 Å². The van der Waals surface area contributed by atoms with E-state index in [9.17, 15) is 0 Å². The molecule has 1 aliphatic rings. The van der Waals surface area contributed by atoms with Crippen molar-refractivity contribution in [2.45, 2.75) is 33.0 Å². The van der Waals surface area contributed by atoms with Crippen LogP contribution in [0.15, 0.2) is 48.5 Å². The highest BCUT2D eigenvalue weighted by Gasteiger charge is 2.20. The van der Waals surface area contributed by atoms with Gasteiger partial charge in [0, 0.05) is 17.5 Å². The van der Waals surface area contributed by atoms with E-state index >= 15 is 0 Å². The summed E-state index contributed by atoms with van der Waals surface area (Å²) in [4.78, 5) is 6.06. The van der Waals surface area contributed by atoms with Gasteiger partial charge in [-0.15, -0.1) is 0 Å². The van der Waals surface area contributed by atoms with E-state index in [1.54, 1.807) is 0 Å². The minimum absolute atomic E-state index is 0.626. The van der Waals surface area contributed by atoms with Gasteiger partial charge in [-0.25, -0.2) is 4.68 Å². The van der Waals surface area contributed by atoms with Gasteiger partial charge in [0.1, 0.15) is 6.54 Å². The first-order chi connectivity index (χ1) is 12.2. The van der Waals surface area contributed by atoms with Crippen LogP contribution in [0.3, 0.4) is 0 Å². The quantitative estimate of drug-likeness (QED) is 0.710. The zero-order valence-electron chi connectivity index (χ0n) is 14.5. The third kappa shape index (κ3) is 3.43. The molecule has 0 radical (unpaired) electrons. The van der Waals surface area contributed by atoms with Crippen LogP contribution in [0.2, 0.25) is 0 Å². The van der Waals surface area contributed by atoms with E-state index < -0.39 is 0 Å². The number of aromatic amines is 1. The highest BCUT2D eigenvalue weighted by Crippen LogP contribution is 2.16. The summed E-state index contributed by atoms with van der Waals surface area (Å²) < 4.78 is 2.63. The Bertz CT molecular complexity index is 923. The predicted molar refractivity (Wildman–Crippen MR) is 102 cm³/mol. The molecule has 1 atom stereocenters. The normalized spacial score (nSPS) is 16.6. The number of benzene rings is 2. The van der Waals surface area contributed by atoms with Crippen molar-refractivity contribution >= 4 is 12.2 Å². The maximum absolute atomic E-state index is 5.48. The molecular weight excluding hydrogens is 328 g/mol. The standard InChI is InChI=1S/C20H22N4S/c1-2-15-7-9-17(10-8-15)19-21-20(25)24(22-19)14-23-12-11-16-5-3-4-6-18(16)13-23/h3-10H,2,11-14H2,1H3,(H,21,22,25)/p+1.